The molecule has 0 saturated heterocycles. The molecule has 0 spiro atoms. The van der Waals surface area contributed by atoms with Crippen molar-refractivity contribution in [3.8, 4) is 5.75 Å². The molecule has 0 aromatic heterocycles. The van der Waals surface area contributed by atoms with Crippen molar-refractivity contribution >= 4 is 17.6 Å². The molecule has 0 atom stereocenters. The maximum atomic E-state index is 10.7. The molecular weight excluding hydrogens is 236 g/mol. The molecule has 1 rings (SSSR count). The zero-order chi connectivity index (χ0) is 13.5. The number of anilines is 1. The Morgan fingerprint density at radius 1 is 1.28 bits per heavy atom. The van der Waals surface area contributed by atoms with Gasteiger partial charge < -0.3 is 21.3 Å². The van der Waals surface area contributed by atoms with E-state index >= 15 is 0 Å². The summed E-state index contributed by atoms with van der Waals surface area (Å²) in [5.41, 5.74) is 11.1. The van der Waals surface area contributed by atoms with Gasteiger partial charge in [0.15, 0.2) is 0 Å². The van der Waals surface area contributed by atoms with E-state index in [1.165, 1.54) is 18.2 Å². The predicted octanol–water partition coefficient (Wildman–Crippen LogP) is 1.00. The van der Waals surface area contributed by atoms with Crippen LogP contribution in [-0.4, -0.2) is 23.6 Å². The van der Waals surface area contributed by atoms with Crippen molar-refractivity contribution in [2.24, 2.45) is 5.73 Å². The molecule has 0 aliphatic rings. The second-order valence-electron chi connectivity index (χ2n) is 3.83. The van der Waals surface area contributed by atoms with Crippen LogP contribution >= 0.6 is 0 Å². The molecule has 6 nitrogen and oxygen atoms in total. The first-order chi connectivity index (χ1) is 8.50. The first-order valence-corrected chi connectivity index (χ1v) is 5.54. The van der Waals surface area contributed by atoms with Crippen LogP contribution in [-0.2, 0) is 4.79 Å². The summed E-state index contributed by atoms with van der Waals surface area (Å²) >= 11 is 0. The number of hydrogen-bond acceptors (Lipinski definition) is 4. The lowest BCUT2D eigenvalue weighted by Gasteiger charge is -2.09. The van der Waals surface area contributed by atoms with E-state index in [1.54, 1.807) is 0 Å². The molecule has 0 fully saturated rings. The number of rotatable bonds is 7. The van der Waals surface area contributed by atoms with Crippen molar-refractivity contribution < 1.29 is 19.4 Å². The summed E-state index contributed by atoms with van der Waals surface area (Å²) in [6, 6.07) is 4.30. The van der Waals surface area contributed by atoms with E-state index in [-0.39, 0.29) is 17.2 Å². The standard InChI is InChI=1S/C12H16N2O4/c13-9-7-8(12(16)17)4-5-10(9)18-6-2-1-3-11(14)15/h4-5,7H,1-3,6,13H2,(H2,14,15)(H,16,17). The Hall–Kier alpha value is -2.24. The largest absolute Gasteiger partial charge is 0.491 e. The number of nitrogen functional groups attached to an aromatic ring is 1. The molecule has 0 bridgehead atoms. The van der Waals surface area contributed by atoms with E-state index in [0.717, 1.165) is 0 Å². The number of unbranched alkanes of at least 4 members (excludes halogenated alkanes) is 1. The van der Waals surface area contributed by atoms with E-state index in [4.69, 9.17) is 21.3 Å². The highest BCUT2D eigenvalue weighted by Crippen LogP contribution is 2.22. The topological polar surface area (TPSA) is 116 Å². The average Bonchev–Trinajstić information content (AvgIpc) is 2.29. The summed E-state index contributed by atoms with van der Waals surface area (Å²) in [4.78, 5) is 21.2. The van der Waals surface area contributed by atoms with Gasteiger partial charge in [-0.15, -0.1) is 0 Å². The number of primary amides is 1. The highest BCUT2D eigenvalue weighted by atomic mass is 16.5. The number of aromatic carboxylic acids is 1. The number of carboxylic acid groups (broad SMARTS) is 1. The fourth-order valence-electron chi connectivity index (χ4n) is 1.40. The molecule has 0 unspecified atom stereocenters. The van der Waals surface area contributed by atoms with Gasteiger partial charge >= 0.3 is 5.97 Å². The van der Waals surface area contributed by atoms with Gasteiger partial charge in [0.2, 0.25) is 5.91 Å². The van der Waals surface area contributed by atoms with E-state index in [0.29, 0.717) is 31.6 Å². The van der Waals surface area contributed by atoms with Crippen molar-refractivity contribution in [1.82, 2.24) is 0 Å². The van der Waals surface area contributed by atoms with E-state index in [2.05, 4.69) is 0 Å². The number of carbonyl (C=O) groups excluding carboxylic acids is 1. The van der Waals surface area contributed by atoms with E-state index in [1.807, 2.05) is 0 Å². The Balaban J connectivity index is 2.43. The van der Waals surface area contributed by atoms with Crippen LogP contribution in [0.1, 0.15) is 29.6 Å². The fraction of sp³-hybridized carbons (Fsp3) is 0.333. The minimum Gasteiger partial charge on any atom is -0.491 e. The van der Waals surface area contributed by atoms with E-state index < -0.39 is 5.97 Å². The van der Waals surface area contributed by atoms with Crippen molar-refractivity contribution in [3.05, 3.63) is 23.8 Å². The van der Waals surface area contributed by atoms with Gasteiger partial charge in [0.1, 0.15) is 5.75 Å². The SMILES string of the molecule is NC(=O)CCCCOc1ccc(C(=O)O)cc1N. The Kier molecular flexibility index (Phi) is 4.98. The Labute approximate surface area is 105 Å². The lowest BCUT2D eigenvalue weighted by molar-refractivity contribution is -0.118. The highest BCUT2D eigenvalue weighted by molar-refractivity contribution is 5.89. The number of amides is 1. The number of hydrogen-bond donors (Lipinski definition) is 3. The van der Waals surface area contributed by atoms with Gasteiger partial charge in [-0.1, -0.05) is 0 Å². The van der Waals surface area contributed by atoms with Crippen LogP contribution < -0.4 is 16.2 Å². The van der Waals surface area contributed by atoms with Crippen LogP contribution in [0.4, 0.5) is 5.69 Å². The van der Waals surface area contributed by atoms with Gasteiger partial charge in [0.25, 0.3) is 0 Å². The Morgan fingerprint density at radius 2 is 2.00 bits per heavy atom. The maximum Gasteiger partial charge on any atom is 0.335 e. The van der Waals surface area contributed by atoms with Crippen molar-refractivity contribution in [3.63, 3.8) is 0 Å². The summed E-state index contributed by atoms with van der Waals surface area (Å²) < 4.78 is 5.38. The quantitative estimate of drug-likeness (QED) is 0.494. The monoisotopic (exact) mass is 252 g/mol. The minimum atomic E-state index is -1.03. The van der Waals surface area contributed by atoms with Gasteiger partial charge in [0, 0.05) is 6.42 Å². The van der Waals surface area contributed by atoms with Crippen molar-refractivity contribution in [2.45, 2.75) is 19.3 Å². The molecule has 0 saturated carbocycles. The predicted molar refractivity (Wildman–Crippen MR) is 66.4 cm³/mol. The summed E-state index contributed by atoms with van der Waals surface area (Å²) in [6.45, 7) is 0.407. The molecule has 1 aromatic rings. The second kappa shape index (κ2) is 6.48. The maximum absolute atomic E-state index is 10.7. The highest BCUT2D eigenvalue weighted by Gasteiger charge is 2.06. The molecule has 0 heterocycles. The van der Waals surface area contributed by atoms with Gasteiger partial charge in [0.05, 0.1) is 17.9 Å². The normalized spacial score (nSPS) is 10.0. The molecule has 1 aromatic carbocycles. The van der Waals surface area contributed by atoms with Crippen LogP contribution in [0.3, 0.4) is 0 Å². The summed E-state index contributed by atoms with van der Waals surface area (Å²) in [5.74, 6) is -0.922. The molecule has 98 valence electrons. The zero-order valence-corrected chi connectivity index (χ0v) is 9.89. The number of benzene rings is 1. The summed E-state index contributed by atoms with van der Waals surface area (Å²) in [7, 11) is 0. The first-order valence-electron chi connectivity index (χ1n) is 5.54. The fourth-order valence-corrected chi connectivity index (χ4v) is 1.40. The van der Waals surface area contributed by atoms with Crippen LogP contribution in [0.5, 0.6) is 5.75 Å². The van der Waals surface area contributed by atoms with Crippen LogP contribution in [0.2, 0.25) is 0 Å². The second-order valence-corrected chi connectivity index (χ2v) is 3.83. The van der Waals surface area contributed by atoms with Gasteiger partial charge in [-0.05, 0) is 31.0 Å². The van der Waals surface area contributed by atoms with Crippen LogP contribution in [0, 0.1) is 0 Å². The first kappa shape index (κ1) is 13.8. The molecule has 6 heteroatoms. The smallest absolute Gasteiger partial charge is 0.335 e. The molecule has 1 amide bonds. The molecule has 5 N–H and O–H groups in total. The van der Waals surface area contributed by atoms with Gasteiger partial charge in [-0.2, -0.15) is 0 Å². The molecule has 18 heavy (non-hydrogen) atoms. The number of carboxylic acids is 1. The lowest BCUT2D eigenvalue weighted by Crippen LogP contribution is -2.10. The third kappa shape index (κ3) is 4.32. The summed E-state index contributed by atoms with van der Waals surface area (Å²) in [5, 5.41) is 8.76. The van der Waals surface area contributed by atoms with Gasteiger partial charge in [-0.25, -0.2) is 4.79 Å². The third-order valence-electron chi connectivity index (χ3n) is 2.33. The van der Waals surface area contributed by atoms with Gasteiger partial charge in [-0.3, -0.25) is 4.79 Å². The van der Waals surface area contributed by atoms with E-state index in [9.17, 15) is 9.59 Å². The van der Waals surface area contributed by atoms with Crippen LogP contribution in [0.15, 0.2) is 18.2 Å². The minimum absolute atomic E-state index is 0.119. The van der Waals surface area contributed by atoms with Crippen LogP contribution in [0.25, 0.3) is 0 Å². The number of carbonyl (C=O) groups is 2. The number of ether oxygens (including phenoxy) is 1. The number of nitrogens with two attached hydrogens (primary N) is 2. The molecule has 0 aliphatic carbocycles. The van der Waals surface area contributed by atoms with Crippen molar-refractivity contribution in [1.29, 1.82) is 0 Å². The molecular formula is C12H16N2O4. The van der Waals surface area contributed by atoms with Crippen molar-refractivity contribution in [2.75, 3.05) is 12.3 Å². The Morgan fingerprint density at radius 3 is 2.56 bits per heavy atom. The molecule has 0 aliphatic heterocycles. The molecule has 0 radical (unpaired) electrons. The third-order valence-corrected chi connectivity index (χ3v) is 2.33. The average molecular weight is 252 g/mol. The Bertz CT molecular complexity index is 446. The lowest BCUT2D eigenvalue weighted by atomic mass is 10.2. The summed E-state index contributed by atoms with van der Waals surface area (Å²) in [6.07, 6.45) is 1.67. The zero-order valence-electron chi connectivity index (χ0n) is 9.89.